The van der Waals surface area contributed by atoms with Gasteiger partial charge in [-0.3, -0.25) is 0 Å². The van der Waals surface area contributed by atoms with E-state index in [0.717, 1.165) is 12.8 Å². The van der Waals surface area contributed by atoms with E-state index in [9.17, 15) is 8.78 Å². The first-order valence-corrected chi connectivity index (χ1v) is 5.04. The Morgan fingerprint density at radius 2 is 1.94 bits per heavy atom. The number of halogens is 2. The maximum Gasteiger partial charge on any atom is 0.387 e. The van der Waals surface area contributed by atoms with Crippen molar-refractivity contribution in [3.8, 4) is 5.75 Å². The van der Waals surface area contributed by atoms with Crippen LogP contribution >= 0.6 is 0 Å². The van der Waals surface area contributed by atoms with Gasteiger partial charge in [-0.25, -0.2) is 4.99 Å². The molecule has 2 rings (SSSR count). The van der Waals surface area contributed by atoms with Crippen molar-refractivity contribution in [3.05, 3.63) is 24.3 Å². The van der Waals surface area contributed by atoms with Crippen LogP contribution in [0, 0.1) is 5.92 Å². The minimum absolute atomic E-state index is 0.124. The van der Waals surface area contributed by atoms with Crippen molar-refractivity contribution >= 4 is 11.5 Å². The molecule has 0 heterocycles. The average Bonchev–Trinajstić information content (AvgIpc) is 3.03. The maximum absolute atomic E-state index is 11.9. The number of nitrogens with zero attached hydrogens (tertiary/aromatic N) is 1. The van der Waals surface area contributed by atoms with E-state index in [1.54, 1.807) is 12.1 Å². The lowest BCUT2D eigenvalue weighted by Gasteiger charge is -2.04. The molecule has 0 amide bonds. The Labute approximate surface area is 91.9 Å². The topological polar surface area (TPSA) is 47.6 Å². The molecule has 3 nitrogen and oxygen atoms in total. The zero-order valence-electron chi connectivity index (χ0n) is 8.57. The lowest BCUT2D eigenvalue weighted by molar-refractivity contribution is -0.0498. The summed E-state index contributed by atoms with van der Waals surface area (Å²) in [5.41, 5.74) is 6.39. The molecule has 1 saturated carbocycles. The Kier molecular flexibility index (Phi) is 3.03. The predicted molar refractivity (Wildman–Crippen MR) is 57.1 cm³/mol. The number of amidine groups is 1. The molecular formula is C11H12F2N2O. The van der Waals surface area contributed by atoms with Crippen LogP contribution in [0.1, 0.15) is 12.8 Å². The highest BCUT2D eigenvalue weighted by Gasteiger charge is 2.25. The first kappa shape index (κ1) is 10.9. The second kappa shape index (κ2) is 4.47. The van der Waals surface area contributed by atoms with Gasteiger partial charge in [0.05, 0.1) is 5.69 Å². The molecule has 1 aliphatic carbocycles. The molecule has 0 atom stereocenters. The summed E-state index contributed by atoms with van der Waals surface area (Å²) in [7, 11) is 0. The van der Waals surface area contributed by atoms with Crippen molar-refractivity contribution in [1.82, 2.24) is 0 Å². The zero-order chi connectivity index (χ0) is 11.5. The van der Waals surface area contributed by atoms with E-state index in [0.29, 0.717) is 17.4 Å². The first-order chi connectivity index (χ1) is 7.65. The molecule has 1 aliphatic rings. The fraction of sp³-hybridized carbons (Fsp3) is 0.364. The Morgan fingerprint density at radius 1 is 1.31 bits per heavy atom. The van der Waals surface area contributed by atoms with Crippen molar-refractivity contribution in [1.29, 1.82) is 0 Å². The second-order valence-electron chi connectivity index (χ2n) is 3.68. The van der Waals surface area contributed by atoms with E-state index in [1.165, 1.54) is 12.1 Å². The van der Waals surface area contributed by atoms with Gasteiger partial charge in [-0.05, 0) is 37.1 Å². The summed E-state index contributed by atoms with van der Waals surface area (Å²) in [5.74, 6) is 1.14. The van der Waals surface area contributed by atoms with Crippen LogP contribution in [0.15, 0.2) is 29.3 Å². The van der Waals surface area contributed by atoms with Gasteiger partial charge >= 0.3 is 6.61 Å². The van der Waals surface area contributed by atoms with E-state index in [1.807, 2.05) is 0 Å². The Balaban J connectivity index is 2.03. The van der Waals surface area contributed by atoms with Gasteiger partial charge in [-0.2, -0.15) is 8.78 Å². The molecule has 0 radical (unpaired) electrons. The first-order valence-electron chi connectivity index (χ1n) is 5.04. The monoisotopic (exact) mass is 226 g/mol. The van der Waals surface area contributed by atoms with E-state index in [4.69, 9.17) is 5.73 Å². The van der Waals surface area contributed by atoms with Crippen LogP contribution in [0.4, 0.5) is 14.5 Å². The molecular weight excluding hydrogens is 214 g/mol. The summed E-state index contributed by atoms with van der Waals surface area (Å²) in [5, 5.41) is 0. The Bertz CT molecular complexity index is 385. The number of alkyl halides is 2. The summed E-state index contributed by atoms with van der Waals surface area (Å²) in [4.78, 5) is 4.19. The highest BCUT2D eigenvalue weighted by atomic mass is 19.3. The van der Waals surface area contributed by atoms with Gasteiger partial charge in [0.2, 0.25) is 0 Å². The lowest BCUT2D eigenvalue weighted by Crippen LogP contribution is -2.12. The molecule has 0 aromatic heterocycles. The molecule has 2 N–H and O–H groups in total. The minimum atomic E-state index is -2.80. The van der Waals surface area contributed by atoms with Gasteiger partial charge in [0, 0.05) is 5.92 Å². The molecule has 16 heavy (non-hydrogen) atoms. The molecule has 86 valence electrons. The average molecular weight is 226 g/mol. The van der Waals surface area contributed by atoms with Crippen LogP contribution < -0.4 is 10.5 Å². The molecule has 1 aromatic rings. The summed E-state index contributed by atoms with van der Waals surface area (Å²) in [6, 6.07) is 6.11. The van der Waals surface area contributed by atoms with Crippen molar-refractivity contribution in [2.24, 2.45) is 16.6 Å². The number of ether oxygens (including phenoxy) is 1. The quantitative estimate of drug-likeness (QED) is 0.633. The number of aliphatic imine (C=N–C) groups is 1. The largest absolute Gasteiger partial charge is 0.435 e. The minimum Gasteiger partial charge on any atom is -0.435 e. The van der Waals surface area contributed by atoms with Crippen LogP contribution in [0.5, 0.6) is 5.75 Å². The standard InChI is InChI=1S/C11H12F2N2O/c12-11(13)16-9-5-3-8(4-6-9)15-10(14)7-1-2-7/h3-7,11H,1-2H2,(H2,14,15). The van der Waals surface area contributed by atoms with Gasteiger partial charge in [-0.1, -0.05) is 0 Å². The normalized spacial score (nSPS) is 16.6. The van der Waals surface area contributed by atoms with Crippen LogP contribution in [0.2, 0.25) is 0 Å². The SMILES string of the molecule is NC(=Nc1ccc(OC(F)F)cc1)C1CC1. The molecule has 0 bridgehead atoms. The fourth-order valence-corrected chi connectivity index (χ4v) is 1.32. The third-order valence-electron chi connectivity index (χ3n) is 2.32. The second-order valence-corrected chi connectivity index (χ2v) is 3.68. The Morgan fingerprint density at radius 3 is 2.44 bits per heavy atom. The van der Waals surface area contributed by atoms with E-state index in [2.05, 4.69) is 9.73 Å². The number of hydrogen-bond acceptors (Lipinski definition) is 2. The van der Waals surface area contributed by atoms with Crippen molar-refractivity contribution < 1.29 is 13.5 Å². The molecule has 0 saturated heterocycles. The molecule has 0 spiro atoms. The van der Waals surface area contributed by atoms with Crippen LogP contribution in [0.25, 0.3) is 0 Å². The summed E-state index contributed by atoms with van der Waals surface area (Å²) >= 11 is 0. The Hall–Kier alpha value is -1.65. The van der Waals surface area contributed by atoms with Crippen LogP contribution in [-0.2, 0) is 0 Å². The summed E-state index contributed by atoms with van der Waals surface area (Å²) in [6.07, 6.45) is 2.17. The third kappa shape index (κ3) is 2.92. The smallest absolute Gasteiger partial charge is 0.387 e. The van der Waals surface area contributed by atoms with Crippen LogP contribution in [0.3, 0.4) is 0 Å². The lowest BCUT2D eigenvalue weighted by atomic mass is 10.3. The highest BCUT2D eigenvalue weighted by molar-refractivity contribution is 5.87. The maximum atomic E-state index is 11.9. The summed E-state index contributed by atoms with van der Waals surface area (Å²) in [6.45, 7) is -2.80. The molecule has 1 aromatic carbocycles. The molecule has 0 unspecified atom stereocenters. The number of hydrogen-bond donors (Lipinski definition) is 1. The number of rotatable bonds is 4. The number of nitrogens with two attached hydrogens (primary N) is 1. The van der Waals surface area contributed by atoms with Gasteiger partial charge in [0.25, 0.3) is 0 Å². The highest BCUT2D eigenvalue weighted by Crippen LogP contribution is 2.30. The van der Waals surface area contributed by atoms with Crippen LogP contribution in [-0.4, -0.2) is 12.4 Å². The van der Waals surface area contributed by atoms with Crippen molar-refractivity contribution in [3.63, 3.8) is 0 Å². The zero-order valence-corrected chi connectivity index (χ0v) is 8.57. The van der Waals surface area contributed by atoms with Gasteiger partial charge in [0.1, 0.15) is 11.6 Å². The molecule has 5 heteroatoms. The van der Waals surface area contributed by atoms with E-state index < -0.39 is 6.61 Å². The van der Waals surface area contributed by atoms with Gasteiger partial charge < -0.3 is 10.5 Å². The van der Waals surface area contributed by atoms with E-state index >= 15 is 0 Å². The van der Waals surface area contributed by atoms with Gasteiger partial charge in [-0.15, -0.1) is 0 Å². The number of benzene rings is 1. The predicted octanol–water partition coefficient (Wildman–Crippen LogP) is 2.69. The fourth-order valence-electron chi connectivity index (χ4n) is 1.32. The van der Waals surface area contributed by atoms with Crippen molar-refractivity contribution in [2.75, 3.05) is 0 Å². The van der Waals surface area contributed by atoms with E-state index in [-0.39, 0.29) is 5.75 Å². The molecule has 0 aliphatic heterocycles. The van der Waals surface area contributed by atoms with Crippen molar-refractivity contribution in [2.45, 2.75) is 19.5 Å². The van der Waals surface area contributed by atoms with Gasteiger partial charge in [0.15, 0.2) is 0 Å². The molecule has 1 fully saturated rings. The third-order valence-corrected chi connectivity index (χ3v) is 2.32. The summed E-state index contributed by atoms with van der Waals surface area (Å²) < 4.78 is 28.0.